The first kappa shape index (κ1) is 13.5. The van der Waals surface area contributed by atoms with Crippen molar-refractivity contribution in [1.29, 1.82) is 0 Å². The summed E-state index contributed by atoms with van der Waals surface area (Å²) in [5.74, 6) is 2.07. The van der Waals surface area contributed by atoms with Crippen LogP contribution in [0.3, 0.4) is 0 Å². The van der Waals surface area contributed by atoms with Gasteiger partial charge in [-0.05, 0) is 29.3 Å². The van der Waals surface area contributed by atoms with Gasteiger partial charge in [0.25, 0.3) is 0 Å². The molecule has 7 heteroatoms. The Kier molecular flexibility index (Phi) is 4.91. The molecule has 19 heavy (non-hydrogen) atoms. The van der Waals surface area contributed by atoms with Gasteiger partial charge in [-0.2, -0.15) is 16.3 Å². The van der Waals surface area contributed by atoms with Gasteiger partial charge in [0.05, 0.1) is 0 Å². The molecule has 0 fully saturated rings. The highest BCUT2D eigenvalue weighted by molar-refractivity contribution is 7.07. The number of aromatic nitrogens is 2. The number of thiophene rings is 1. The summed E-state index contributed by atoms with van der Waals surface area (Å²) in [4.78, 5) is 8.30. The van der Waals surface area contributed by atoms with E-state index in [0.717, 1.165) is 12.5 Å². The van der Waals surface area contributed by atoms with Gasteiger partial charge in [-0.3, -0.25) is 4.99 Å². The Morgan fingerprint density at radius 2 is 2.37 bits per heavy atom. The fraction of sp³-hybridized carbons (Fsp3) is 0.417. The van der Waals surface area contributed by atoms with E-state index in [-0.39, 0.29) is 0 Å². The molecule has 0 bridgehead atoms. The first-order valence-electron chi connectivity index (χ1n) is 6.02. The summed E-state index contributed by atoms with van der Waals surface area (Å²) >= 11 is 1.69. The first-order chi connectivity index (χ1) is 9.28. The summed E-state index contributed by atoms with van der Waals surface area (Å²) in [5, 5.41) is 14.4. The Labute approximate surface area is 115 Å². The maximum absolute atomic E-state index is 5.04. The van der Waals surface area contributed by atoms with E-state index in [9.17, 15) is 0 Å². The molecule has 2 aromatic heterocycles. The lowest BCUT2D eigenvalue weighted by atomic mass is 10.3. The molecule has 0 unspecified atom stereocenters. The van der Waals surface area contributed by atoms with Crippen molar-refractivity contribution in [2.75, 3.05) is 13.6 Å². The Morgan fingerprint density at radius 1 is 1.47 bits per heavy atom. The lowest BCUT2D eigenvalue weighted by molar-refractivity contribution is 0.374. The van der Waals surface area contributed by atoms with E-state index in [1.165, 1.54) is 5.56 Å². The molecule has 2 heterocycles. The second-order valence-corrected chi connectivity index (χ2v) is 4.75. The number of guanidine groups is 1. The largest absolute Gasteiger partial charge is 0.356 e. The molecule has 0 amide bonds. The van der Waals surface area contributed by atoms with Crippen molar-refractivity contribution in [3.63, 3.8) is 0 Å². The maximum atomic E-state index is 5.04. The first-order valence-corrected chi connectivity index (χ1v) is 6.97. The minimum absolute atomic E-state index is 0.637. The van der Waals surface area contributed by atoms with Crippen molar-refractivity contribution in [2.24, 2.45) is 4.99 Å². The molecular weight excluding hydrogens is 262 g/mol. The summed E-state index contributed by atoms with van der Waals surface area (Å²) in [6.45, 7) is 3.27. The van der Waals surface area contributed by atoms with E-state index in [1.807, 2.05) is 6.92 Å². The van der Waals surface area contributed by atoms with E-state index in [1.54, 1.807) is 18.4 Å². The molecule has 0 saturated heterocycles. The molecule has 2 aromatic rings. The Balaban J connectivity index is 1.71. The topological polar surface area (TPSA) is 75.3 Å². The maximum Gasteiger partial charge on any atom is 0.228 e. The number of aryl methyl sites for hydroxylation is 1. The minimum Gasteiger partial charge on any atom is -0.356 e. The highest BCUT2D eigenvalue weighted by atomic mass is 32.1. The van der Waals surface area contributed by atoms with Gasteiger partial charge in [0.15, 0.2) is 11.8 Å². The zero-order valence-corrected chi connectivity index (χ0v) is 11.8. The number of nitrogens with zero attached hydrogens (tertiary/aromatic N) is 3. The molecule has 0 aliphatic rings. The number of hydrogen-bond donors (Lipinski definition) is 2. The zero-order chi connectivity index (χ0) is 13.5. The van der Waals surface area contributed by atoms with Gasteiger partial charge in [-0.25, -0.2) is 0 Å². The normalized spacial score (nSPS) is 11.6. The van der Waals surface area contributed by atoms with Crippen LogP contribution in [0.4, 0.5) is 0 Å². The molecule has 0 atom stereocenters. The highest BCUT2D eigenvalue weighted by Gasteiger charge is 2.03. The molecule has 0 aliphatic carbocycles. The lowest BCUT2D eigenvalue weighted by Crippen LogP contribution is -2.37. The Bertz CT molecular complexity index is 520. The van der Waals surface area contributed by atoms with Gasteiger partial charge in [-0.1, -0.05) is 5.16 Å². The van der Waals surface area contributed by atoms with Crippen LogP contribution in [0, 0.1) is 6.92 Å². The molecule has 6 nitrogen and oxygen atoms in total. The molecule has 2 rings (SSSR count). The number of rotatable bonds is 5. The van der Waals surface area contributed by atoms with Crippen LogP contribution in [0.15, 0.2) is 26.3 Å². The van der Waals surface area contributed by atoms with Crippen LogP contribution < -0.4 is 10.6 Å². The van der Waals surface area contributed by atoms with Gasteiger partial charge in [0, 0.05) is 26.6 Å². The second kappa shape index (κ2) is 6.89. The molecule has 0 radical (unpaired) electrons. The molecule has 102 valence electrons. The van der Waals surface area contributed by atoms with Crippen molar-refractivity contribution in [3.8, 4) is 0 Å². The molecule has 0 aromatic carbocycles. The van der Waals surface area contributed by atoms with E-state index >= 15 is 0 Å². The van der Waals surface area contributed by atoms with Crippen LogP contribution in [0.1, 0.15) is 17.3 Å². The molecular formula is C12H17N5OS. The van der Waals surface area contributed by atoms with Crippen LogP contribution >= 0.6 is 11.3 Å². The minimum atomic E-state index is 0.637. The summed E-state index contributed by atoms with van der Waals surface area (Å²) in [7, 11) is 1.75. The van der Waals surface area contributed by atoms with Crippen LogP contribution in [0.2, 0.25) is 0 Å². The SMILES string of the molecule is CN=C(NCCc1nc(C)no1)NCc1ccsc1. The third-order valence-corrected chi connectivity index (χ3v) is 3.20. The summed E-state index contributed by atoms with van der Waals surface area (Å²) < 4.78 is 5.04. The molecule has 0 saturated carbocycles. The van der Waals surface area contributed by atoms with Gasteiger partial charge >= 0.3 is 0 Å². The van der Waals surface area contributed by atoms with E-state index in [4.69, 9.17) is 4.52 Å². The molecule has 2 N–H and O–H groups in total. The van der Waals surface area contributed by atoms with Gasteiger partial charge in [0.2, 0.25) is 5.89 Å². The quantitative estimate of drug-likeness (QED) is 0.638. The van der Waals surface area contributed by atoms with Crippen LogP contribution in [0.5, 0.6) is 0 Å². The van der Waals surface area contributed by atoms with E-state index in [0.29, 0.717) is 24.7 Å². The van der Waals surface area contributed by atoms with Gasteiger partial charge in [-0.15, -0.1) is 0 Å². The van der Waals surface area contributed by atoms with Crippen LogP contribution in [-0.2, 0) is 13.0 Å². The van der Waals surface area contributed by atoms with Gasteiger partial charge < -0.3 is 15.2 Å². The number of nitrogens with one attached hydrogen (secondary N) is 2. The number of hydrogen-bond acceptors (Lipinski definition) is 5. The predicted molar refractivity (Wildman–Crippen MR) is 75.3 cm³/mol. The monoisotopic (exact) mass is 279 g/mol. The summed E-state index contributed by atoms with van der Waals surface area (Å²) in [5.41, 5.74) is 1.25. The fourth-order valence-corrected chi connectivity index (χ4v) is 2.20. The molecule has 0 spiro atoms. The van der Waals surface area contributed by atoms with Crippen molar-refractivity contribution < 1.29 is 4.52 Å². The Morgan fingerprint density at radius 3 is 3.00 bits per heavy atom. The summed E-state index contributed by atoms with van der Waals surface area (Å²) in [6.07, 6.45) is 0.681. The third-order valence-electron chi connectivity index (χ3n) is 2.46. The standard InChI is InChI=1S/C12H17N5OS/c1-9-16-11(18-17-9)3-5-14-12(13-2)15-7-10-4-6-19-8-10/h4,6,8H,3,5,7H2,1-2H3,(H2,13,14,15). The number of aliphatic imine (C=N–C) groups is 1. The smallest absolute Gasteiger partial charge is 0.228 e. The van der Waals surface area contributed by atoms with E-state index in [2.05, 4.69) is 42.6 Å². The fourth-order valence-electron chi connectivity index (χ4n) is 1.53. The van der Waals surface area contributed by atoms with Crippen LogP contribution in [0.25, 0.3) is 0 Å². The van der Waals surface area contributed by atoms with Crippen LogP contribution in [-0.4, -0.2) is 29.7 Å². The van der Waals surface area contributed by atoms with Crippen molar-refractivity contribution >= 4 is 17.3 Å². The zero-order valence-electron chi connectivity index (χ0n) is 11.0. The predicted octanol–water partition coefficient (Wildman–Crippen LogP) is 1.35. The Hall–Kier alpha value is -1.89. The van der Waals surface area contributed by atoms with Gasteiger partial charge in [0.1, 0.15) is 0 Å². The van der Waals surface area contributed by atoms with Crippen molar-refractivity contribution in [2.45, 2.75) is 19.9 Å². The average Bonchev–Trinajstić information content (AvgIpc) is 3.05. The average molecular weight is 279 g/mol. The van der Waals surface area contributed by atoms with Crippen molar-refractivity contribution in [1.82, 2.24) is 20.8 Å². The summed E-state index contributed by atoms with van der Waals surface area (Å²) in [6, 6.07) is 2.09. The third kappa shape index (κ3) is 4.36. The highest BCUT2D eigenvalue weighted by Crippen LogP contribution is 2.04. The lowest BCUT2D eigenvalue weighted by Gasteiger charge is -2.10. The van der Waals surface area contributed by atoms with E-state index < -0.39 is 0 Å². The second-order valence-electron chi connectivity index (χ2n) is 3.97. The molecule has 0 aliphatic heterocycles. The van der Waals surface area contributed by atoms with Crippen molar-refractivity contribution in [3.05, 3.63) is 34.1 Å².